The Morgan fingerprint density at radius 1 is 0.137 bits per heavy atom. The third-order valence-electron chi connectivity index (χ3n) is 28.8. The Morgan fingerprint density at radius 3 is 0.427 bits per heavy atom. The van der Waals surface area contributed by atoms with Crippen LogP contribution in [0, 0.1) is 0 Å². The van der Waals surface area contributed by atoms with E-state index < -0.39 is 62.1 Å². The molecule has 6 nitrogen and oxygen atoms in total. The van der Waals surface area contributed by atoms with Crippen molar-refractivity contribution in [2.24, 2.45) is 0 Å². The van der Waals surface area contributed by atoms with Crippen molar-refractivity contribution in [3.63, 3.8) is 0 Å². The maximum atomic E-state index is 15.1. The summed E-state index contributed by atoms with van der Waals surface area (Å²) < 4.78 is 0. The first-order valence-electron chi connectivity index (χ1n) is 45.8. The van der Waals surface area contributed by atoms with Gasteiger partial charge in [-0.25, -0.2) is 0 Å². The normalized spacial score (nSPS) is 13.4. The lowest BCUT2D eigenvalue weighted by Gasteiger charge is -2.35. The average molecular weight is 1710 g/mol. The van der Waals surface area contributed by atoms with Crippen LogP contribution in [0.1, 0.15) is 263 Å². The highest BCUT2D eigenvalue weighted by molar-refractivity contribution is 5.71. The van der Waals surface area contributed by atoms with Crippen LogP contribution in [0.15, 0.2) is 419 Å². The van der Waals surface area contributed by atoms with E-state index in [0.29, 0.717) is 55.6 Å². The number of hydrogen-bond acceptors (Lipinski definition) is 6. The summed E-state index contributed by atoms with van der Waals surface area (Å²) in [7, 11) is 0. The van der Waals surface area contributed by atoms with Gasteiger partial charge in [0, 0.05) is 118 Å². The summed E-state index contributed by atoms with van der Waals surface area (Å²) >= 11 is 0. The van der Waals surface area contributed by atoms with Crippen molar-refractivity contribution in [2.75, 3.05) is 0 Å². The minimum Gasteiger partial charge on any atom is -0.508 e. The summed E-state index contributed by atoms with van der Waals surface area (Å²) in [5, 5.41) is 85.2. The molecule has 0 aromatic heterocycles. The van der Waals surface area contributed by atoms with Crippen molar-refractivity contribution in [1.29, 1.82) is 0 Å². The molecule has 17 rings (SSSR count). The fraction of sp³-hybridized carbons (Fsp3) is 0.184. The molecule has 131 heavy (non-hydrogen) atoms. The van der Waals surface area contributed by atoms with E-state index in [1.54, 1.807) is 12.1 Å². The molecule has 0 saturated carbocycles. The quantitative estimate of drug-likeness (QED) is 0.0285. The van der Waals surface area contributed by atoms with Crippen molar-refractivity contribution >= 4 is 0 Å². The minimum absolute atomic E-state index is 0.0131. The summed E-state index contributed by atoms with van der Waals surface area (Å²) in [6, 6.07) is 143. The van der Waals surface area contributed by atoms with Gasteiger partial charge < -0.3 is 30.6 Å². The fourth-order valence-electron chi connectivity index (χ4n) is 20.3. The smallest absolute Gasteiger partial charge is 0.123 e. The van der Waals surface area contributed by atoms with Crippen LogP contribution in [-0.2, 0) is 32.5 Å². The molecule has 0 aliphatic carbocycles. The lowest BCUT2D eigenvalue weighted by atomic mass is 9.69. The topological polar surface area (TPSA) is 121 Å². The zero-order valence-corrected chi connectivity index (χ0v) is 76.9. The zero-order valence-electron chi connectivity index (χ0n) is 76.9. The van der Waals surface area contributed by atoms with Crippen LogP contribution in [0.3, 0.4) is 0 Å². The summed E-state index contributed by atoms with van der Waals surface area (Å²) in [6.45, 7) is 26.6. The van der Waals surface area contributed by atoms with Gasteiger partial charge in [0.05, 0.1) is 0 Å². The van der Waals surface area contributed by atoms with Crippen molar-refractivity contribution in [1.82, 2.24) is 0 Å². The fourth-order valence-corrected chi connectivity index (χ4v) is 20.3. The molecule has 17 aromatic carbocycles. The van der Waals surface area contributed by atoms with E-state index in [2.05, 4.69) is 350 Å². The van der Waals surface area contributed by atoms with E-state index in [0.717, 1.165) is 94.6 Å². The molecule has 17 aromatic rings. The molecule has 0 spiro atoms. The van der Waals surface area contributed by atoms with E-state index in [1.165, 1.54) is 0 Å². The molecule has 0 saturated heterocycles. The number of phenolic OH excluding ortho intramolecular Hbond substituents is 6. The molecule has 6 N–H and O–H groups in total. The van der Waals surface area contributed by atoms with E-state index in [4.69, 9.17) is 0 Å². The Kier molecular flexibility index (Phi) is 24.5. The van der Waals surface area contributed by atoms with Crippen LogP contribution in [0.2, 0.25) is 0 Å². The summed E-state index contributed by atoms with van der Waals surface area (Å²) in [4.78, 5) is 0. The molecular weight excluding hydrogens is 1600 g/mol. The van der Waals surface area contributed by atoms with Gasteiger partial charge in [0.1, 0.15) is 34.5 Å². The molecule has 6 heteroatoms. The van der Waals surface area contributed by atoms with Gasteiger partial charge in [-0.05, 0) is 107 Å². The largest absolute Gasteiger partial charge is 0.508 e. The summed E-state index contributed by atoms with van der Waals surface area (Å²) in [5.41, 5.74) is 17.1. The number of aromatic hydroxyl groups is 6. The monoisotopic (exact) mass is 1710 g/mol. The maximum absolute atomic E-state index is 15.1. The van der Waals surface area contributed by atoms with Gasteiger partial charge in [-0.15, -0.1) is 0 Å². The highest BCUT2D eigenvalue weighted by Gasteiger charge is 2.42. The average Bonchev–Trinajstić information content (AvgIpc) is 0.730. The van der Waals surface area contributed by atoms with Gasteiger partial charge in [0.2, 0.25) is 0 Å². The lowest BCUT2D eigenvalue weighted by molar-refractivity contribution is 0.443. The standard InChI is InChI=1S/C125H116O6/c1-120(2,87-56-34-18-35-57-87)93-68-70-109(126)99(72-93)111(82-46-24-13-25-47-82)101-74-95(122(5,6)89-60-38-20-39-61-89)76-103(116(101)128)113(84-50-28-15-29-51-84)105-78-97(124(9,10)91-64-42-22-43-65-91)80-107(118(105)130)115(86-54-32-17-33-55-86)108-81-98(125(11,12)92-66-44-23-45-67-92)79-106(119(108)131)114(85-52-30-16-31-53-85)104-77-96(123(7,8)90-62-40-21-41-63-90)75-102(117(104)129)112(83-48-26-14-27-49-83)100-73-94(69-71-110(100)127)121(3,4)88-58-36-19-37-59-88/h13-81,111-115,126-131H,1-12H3. The summed E-state index contributed by atoms with van der Waals surface area (Å²) in [5.74, 6) is -4.36. The van der Waals surface area contributed by atoms with Gasteiger partial charge in [-0.3, -0.25) is 0 Å². The highest BCUT2D eigenvalue weighted by atomic mass is 16.3. The predicted molar refractivity (Wildman–Crippen MR) is 537 cm³/mol. The Bertz CT molecular complexity index is 6460. The van der Waals surface area contributed by atoms with Crippen LogP contribution in [0.25, 0.3) is 0 Å². The molecule has 0 aliphatic heterocycles. The minimum atomic E-state index is -0.977. The van der Waals surface area contributed by atoms with Crippen LogP contribution in [0.5, 0.6) is 34.5 Å². The van der Waals surface area contributed by atoms with Gasteiger partial charge in [0.25, 0.3) is 0 Å². The molecule has 0 aliphatic rings. The van der Waals surface area contributed by atoms with Gasteiger partial charge in [-0.1, -0.05) is 490 Å². The van der Waals surface area contributed by atoms with Crippen LogP contribution in [-0.4, -0.2) is 30.6 Å². The van der Waals surface area contributed by atoms with E-state index >= 15 is 10.2 Å². The Morgan fingerprint density at radius 2 is 0.267 bits per heavy atom. The first-order chi connectivity index (χ1) is 63.0. The zero-order chi connectivity index (χ0) is 91.7. The number of hydrogen-bond donors (Lipinski definition) is 6. The maximum Gasteiger partial charge on any atom is 0.123 e. The third-order valence-corrected chi connectivity index (χ3v) is 28.8. The number of benzene rings is 17. The predicted octanol–water partition coefficient (Wildman–Crippen LogP) is 29.8. The molecule has 0 radical (unpaired) electrons. The SMILES string of the molecule is CC(C)(c1ccccc1)c1ccc(O)c(C(c2ccccc2)c2cc(C(C)(C)c3ccccc3)cc(C(c3ccccc3)c3cc(C(C)(C)c4ccccc4)cc(C(c4ccccc4)c4cc(C(C)(C)c5ccccc5)cc(C(c5ccccc5)c5cc(C(C)(C)c6ccccc6)cc(C(c6ccccc6)c6cc(C(C)(C)c7ccccc7)ccc6O)c5O)c4O)c3O)c2O)c1. The molecule has 0 bridgehead atoms. The molecule has 0 heterocycles. The van der Waals surface area contributed by atoms with Crippen LogP contribution >= 0.6 is 0 Å². The number of phenols is 6. The molecule has 0 amide bonds. The first kappa shape index (κ1) is 88.6. The molecular formula is C125H116O6. The van der Waals surface area contributed by atoms with Crippen molar-refractivity contribution in [3.8, 4) is 34.5 Å². The van der Waals surface area contributed by atoms with Gasteiger partial charge in [-0.2, -0.15) is 0 Å². The van der Waals surface area contributed by atoms with Gasteiger partial charge >= 0.3 is 0 Å². The van der Waals surface area contributed by atoms with E-state index in [1.807, 2.05) is 140 Å². The Labute approximate surface area is 774 Å². The van der Waals surface area contributed by atoms with E-state index in [9.17, 15) is 20.4 Å². The molecule has 4 atom stereocenters. The lowest BCUT2D eigenvalue weighted by Crippen LogP contribution is -2.23. The van der Waals surface area contributed by atoms with Crippen LogP contribution in [0.4, 0.5) is 0 Å². The van der Waals surface area contributed by atoms with Crippen molar-refractivity contribution in [2.45, 2.75) is 145 Å². The highest BCUT2D eigenvalue weighted by Crippen LogP contribution is 2.58. The number of rotatable bonds is 27. The van der Waals surface area contributed by atoms with E-state index in [-0.39, 0.29) is 34.5 Å². The Hall–Kier alpha value is -14.5. The molecule has 652 valence electrons. The molecule has 0 fully saturated rings. The first-order valence-corrected chi connectivity index (χ1v) is 45.8. The van der Waals surface area contributed by atoms with Crippen molar-refractivity contribution < 1.29 is 30.6 Å². The Balaban J connectivity index is 0.974. The second kappa shape index (κ2) is 36.2. The van der Waals surface area contributed by atoms with Crippen molar-refractivity contribution in [3.05, 3.63) is 569 Å². The molecule has 4 unspecified atom stereocenters. The second-order valence-corrected chi connectivity index (χ2v) is 38.7. The van der Waals surface area contributed by atoms with Gasteiger partial charge in [0.15, 0.2) is 0 Å². The van der Waals surface area contributed by atoms with Crippen LogP contribution < -0.4 is 0 Å². The third kappa shape index (κ3) is 17.1. The second-order valence-electron chi connectivity index (χ2n) is 38.7. The summed E-state index contributed by atoms with van der Waals surface area (Å²) in [6.07, 6.45) is 0.